The number of nitrogen functional groups attached to an aromatic ring is 1. The number of nitrogens with two attached hydrogens (primary N) is 1. The molecule has 1 aromatic carbocycles. The third kappa shape index (κ3) is 4.63. The Hall–Kier alpha value is -1.75. The summed E-state index contributed by atoms with van der Waals surface area (Å²) in [4.78, 5) is 13.8. The van der Waals surface area contributed by atoms with Crippen LogP contribution in [0.25, 0.3) is 0 Å². The van der Waals surface area contributed by atoms with Crippen molar-refractivity contribution >= 4 is 17.3 Å². The number of methoxy groups -OCH3 is 1. The summed E-state index contributed by atoms with van der Waals surface area (Å²) >= 11 is 0. The summed E-state index contributed by atoms with van der Waals surface area (Å²) < 4.78 is 5.17. The molecule has 0 saturated carbocycles. The van der Waals surface area contributed by atoms with E-state index >= 15 is 0 Å². The second-order valence-corrected chi connectivity index (χ2v) is 4.41. The molecule has 18 heavy (non-hydrogen) atoms. The van der Waals surface area contributed by atoms with Crippen LogP contribution in [0, 0.1) is 0 Å². The Morgan fingerprint density at radius 2 is 2.17 bits per heavy atom. The molecule has 1 amide bonds. The average molecular weight is 251 g/mol. The number of nitrogens with one attached hydrogen (secondary N) is 1. The third-order valence-electron chi connectivity index (χ3n) is 2.51. The van der Waals surface area contributed by atoms with Crippen LogP contribution >= 0.6 is 0 Å². The molecule has 0 aliphatic heterocycles. The number of hydrogen-bond donors (Lipinski definition) is 2. The Bertz CT molecular complexity index is 405. The molecule has 0 aromatic heterocycles. The zero-order valence-corrected chi connectivity index (χ0v) is 11.2. The molecule has 0 heterocycles. The second-order valence-electron chi connectivity index (χ2n) is 4.41. The molecule has 0 atom stereocenters. The quantitative estimate of drug-likeness (QED) is 0.753. The van der Waals surface area contributed by atoms with Gasteiger partial charge in [0.2, 0.25) is 5.91 Å². The number of anilines is 2. The van der Waals surface area contributed by atoms with Crippen molar-refractivity contribution in [1.29, 1.82) is 0 Å². The van der Waals surface area contributed by atoms with Crippen LogP contribution in [0.5, 0.6) is 5.75 Å². The molecule has 1 aromatic rings. The summed E-state index contributed by atoms with van der Waals surface area (Å²) in [5.74, 6) is 0.589. The molecule has 1 rings (SSSR count). The minimum Gasteiger partial charge on any atom is -0.495 e. The number of carbonyl (C=O) groups is 1. The number of rotatable bonds is 6. The average Bonchev–Trinajstić information content (AvgIpc) is 2.28. The molecule has 0 unspecified atom stereocenters. The van der Waals surface area contributed by atoms with Crippen LogP contribution < -0.4 is 15.8 Å². The summed E-state index contributed by atoms with van der Waals surface area (Å²) in [5.41, 5.74) is 6.90. The van der Waals surface area contributed by atoms with Gasteiger partial charge in [-0.05, 0) is 45.3 Å². The van der Waals surface area contributed by atoms with Crippen molar-refractivity contribution in [1.82, 2.24) is 4.90 Å². The molecule has 0 spiro atoms. The van der Waals surface area contributed by atoms with E-state index in [1.807, 2.05) is 19.0 Å². The van der Waals surface area contributed by atoms with Crippen molar-refractivity contribution in [2.75, 3.05) is 38.8 Å². The lowest BCUT2D eigenvalue weighted by Crippen LogP contribution is -2.17. The van der Waals surface area contributed by atoms with Crippen molar-refractivity contribution in [2.24, 2.45) is 0 Å². The van der Waals surface area contributed by atoms with Gasteiger partial charge in [0.25, 0.3) is 0 Å². The number of benzene rings is 1. The molecule has 100 valence electrons. The van der Waals surface area contributed by atoms with Gasteiger partial charge < -0.3 is 20.7 Å². The van der Waals surface area contributed by atoms with Gasteiger partial charge in [-0.15, -0.1) is 0 Å². The van der Waals surface area contributed by atoms with E-state index in [4.69, 9.17) is 10.5 Å². The van der Waals surface area contributed by atoms with Gasteiger partial charge in [-0.1, -0.05) is 0 Å². The SMILES string of the molecule is COc1ccc(N)cc1NC(=O)CCCN(C)C. The molecule has 0 bridgehead atoms. The molecule has 0 radical (unpaired) electrons. The first kappa shape index (κ1) is 14.3. The van der Waals surface area contributed by atoms with Gasteiger partial charge in [-0.2, -0.15) is 0 Å². The predicted octanol–water partition coefficient (Wildman–Crippen LogP) is 1.56. The fourth-order valence-corrected chi connectivity index (χ4v) is 1.59. The van der Waals surface area contributed by atoms with Gasteiger partial charge in [0, 0.05) is 12.1 Å². The maximum absolute atomic E-state index is 11.7. The van der Waals surface area contributed by atoms with Gasteiger partial charge in [0.05, 0.1) is 12.8 Å². The van der Waals surface area contributed by atoms with Crippen molar-refractivity contribution in [2.45, 2.75) is 12.8 Å². The number of ether oxygens (including phenoxy) is 1. The Labute approximate surface area is 108 Å². The number of carbonyl (C=O) groups excluding carboxylic acids is 1. The highest BCUT2D eigenvalue weighted by molar-refractivity contribution is 5.92. The summed E-state index contributed by atoms with van der Waals surface area (Å²) in [6.45, 7) is 0.890. The van der Waals surface area contributed by atoms with Gasteiger partial charge >= 0.3 is 0 Å². The number of hydrogen-bond acceptors (Lipinski definition) is 4. The third-order valence-corrected chi connectivity index (χ3v) is 2.51. The fourth-order valence-electron chi connectivity index (χ4n) is 1.59. The monoisotopic (exact) mass is 251 g/mol. The molecule has 0 saturated heterocycles. The highest BCUT2D eigenvalue weighted by Crippen LogP contribution is 2.26. The van der Waals surface area contributed by atoms with E-state index in [0.29, 0.717) is 23.5 Å². The van der Waals surface area contributed by atoms with Crippen LogP contribution in [0.2, 0.25) is 0 Å². The van der Waals surface area contributed by atoms with Crippen molar-refractivity contribution in [3.05, 3.63) is 18.2 Å². The lowest BCUT2D eigenvalue weighted by atomic mass is 10.2. The van der Waals surface area contributed by atoms with Crippen LogP contribution in [0.1, 0.15) is 12.8 Å². The Morgan fingerprint density at radius 3 is 2.78 bits per heavy atom. The first-order valence-corrected chi connectivity index (χ1v) is 5.91. The molecule has 0 fully saturated rings. The van der Waals surface area contributed by atoms with E-state index in [0.717, 1.165) is 13.0 Å². The van der Waals surface area contributed by atoms with Gasteiger partial charge in [-0.3, -0.25) is 4.79 Å². The molecular formula is C13H21N3O2. The molecule has 5 heteroatoms. The molecule has 0 aliphatic rings. The van der Waals surface area contributed by atoms with E-state index < -0.39 is 0 Å². The Balaban J connectivity index is 2.55. The van der Waals surface area contributed by atoms with Crippen molar-refractivity contribution < 1.29 is 9.53 Å². The van der Waals surface area contributed by atoms with E-state index in [1.54, 1.807) is 25.3 Å². The highest BCUT2D eigenvalue weighted by Gasteiger charge is 2.07. The van der Waals surface area contributed by atoms with Crippen molar-refractivity contribution in [3.8, 4) is 5.75 Å². The molecule has 0 aliphatic carbocycles. The second kappa shape index (κ2) is 6.86. The first-order chi connectivity index (χ1) is 8.52. The first-order valence-electron chi connectivity index (χ1n) is 5.91. The minimum absolute atomic E-state index is 0.0271. The Morgan fingerprint density at radius 1 is 1.44 bits per heavy atom. The maximum atomic E-state index is 11.7. The van der Waals surface area contributed by atoms with Crippen LogP contribution in [0.15, 0.2) is 18.2 Å². The zero-order valence-electron chi connectivity index (χ0n) is 11.2. The van der Waals surface area contributed by atoms with Crippen LogP contribution in [0.3, 0.4) is 0 Å². The van der Waals surface area contributed by atoms with Crippen LogP contribution in [-0.4, -0.2) is 38.6 Å². The Kier molecular flexibility index (Phi) is 5.45. The summed E-state index contributed by atoms with van der Waals surface area (Å²) in [6, 6.07) is 5.17. The van der Waals surface area contributed by atoms with Gasteiger partial charge in [0.1, 0.15) is 5.75 Å². The summed E-state index contributed by atoms with van der Waals surface area (Å²) in [5, 5.41) is 2.81. The van der Waals surface area contributed by atoms with E-state index in [2.05, 4.69) is 5.32 Å². The van der Waals surface area contributed by atoms with Crippen molar-refractivity contribution in [3.63, 3.8) is 0 Å². The maximum Gasteiger partial charge on any atom is 0.224 e. The normalized spacial score (nSPS) is 10.4. The van der Waals surface area contributed by atoms with E-state index in [9.17, 15) is 4.79 Å². The minimum atomic E-state index is -0.0271. The van der Waals surface area contributed by atoms with E-state index in [1.165, 1.54) is 0 Å². The molecule has 3 N–H and O–H groups in total. The fraction of sp³-hybridized carbons (Fsp3) is 0.462. The zero-order chi connectivity index (χ0) is 13.5. The molecule has 5 nitrogen and oxygen atoms in total. The molecular weight excluding hydrogens is 230 g/mol. The standard InChI is InChI=1S/C13H21N3O2/c1-16(2)8-4-5-13(17)15-11-9-10(14)6-7-12(11)18-3/h6-7,9H,4-5,8,14H2,1-3H3,(H,15,17). The van der Waals surface area contributed by atoms with E-state index in [-0.39, 0.29) is 5.91 Å². The van der Waals surface area contributed by atoms with Gasteiger partial charge in [0.15, 0.2) is 0 Å². The summed E-state index contributed by atoms with van der Waals surface area (Å²) in [7, 11) is 5.53. The topological polar surface area (TPSA) is 67.6 Å². The lowest BCUT2D eigenvalue weighted by molar-refractivity contribution is -0.116. The lowest BCUT2D eigenvalue weighted by Gasteiger charge is -2.12. The number of amides is 1. The van der Waals surface area contributed by atoms with Crippen LogP contribution in [-0.2, 0) is 4.79 Å². The highest BCUT2D eigenvalue weighted by atomic mass is 16.5. The van der Waals surface area contributed by atoms with Crippen LogP contribution in [0.4, 0.5) is 11.4 Å². The number of nitrogens with zero attached hydrogens (tertiary/aromatic N) is 1. The largest absolute Gasteiger partial charge is 0.495 e. The smallest absolute Gasteiger partial charge is 0.224 e. The summed E-state index contributed by atoms with van der Waals surface area (Å²) in [6.07, 6.45) is 1.31. The van der Waals surface area contributed by atoms with Gasteiger partial charge in [-0.25, -0.2) is 0 Å². The predicted molar refractivity (Wildman–Crippen MR) is 73.8 cm³/mol.